The smallest absolute Gasteiger partial charge is 0.383 e. The molecule has 1 amide bonds. The second kappa shape index (κ2) is 9.23. The van der Waals surface area contributed by atoms with Gasteiger partial charge in [-0.2, -0.15) is 13.2 Å². The minimum Gasteiger partial charge on any atom is -0.383 e. The first-order valence-electron chi connectivity index (χ1n) is 7.87. The summed E-state index contributed by atoms with van der Waals surface area (Å²) in [4.78, 5) is 17.5. The number of hydrogen-bond donors (Lipinski definition) is 0. The molecule has 0 spiro atoms. The van der Waals surface area contributed by atoms with E-state index >= 15 is 0 Å². The molecule has 1 aromatic heterocycles. The Morgan fingerprint density at radius 3 is 2.48 bits per heavy atom. The number of carbonyl (C=O) groups excluding carboxylic acids is 1. The highest BCUT2D eigenvalue weighted by Gasteiger charge is 2.30. The number of aromatic nitrogens is 1. The Kier molecular flexibility index (Phi) is 7.25. The van der Waals surface area contributed by atoms with Crippen LogP contribution in [0.5, 0.6) is 0 Å². The molecule has 0 aliphatic rings. The third-order valence-electron chi connectivity index (χ3n) is 3.62. The molecule has 27 heavy (non-hydrogen) atoms. The van der Waals surface area contributed by atoms with Crippen molar-refractivity contribution in [3.8, 4) is 10.6 Å². The van der Waals surface area contributed by atoms with Crippen molar-refractivity contribution in [2.45, 2.75) is 19.0 Å². The molecule has 0 N–H and O–H groups in total. The summed E-state index contributed by atoms with van der Waals surface area (Å²) in [7, 11) is 1.40. The normalized spacial score (nSPS) is 11.8. The lowest BCUT2D eigenvalue weighted by molar-refractivity contribution is -0.137. The molecule has 0 bridgehead atoms. The zero-order valence-corrected chi connectivity index (χ0v) is 15.1. The van der Waals surface area contributed by atoms with E-state index in [9.17, 15) is 26.7 Å². The maximum absolute atomic E-state index is 12.6. The van der Waals surface area contributed by atoms with Crippen LogP contribution in [0.1, 0.15) is 11.3 Å². The van der Waals surface area contributed by atoms with Crippen molar-refractivity contribution in [2.75, 3.05) is 26.8 Å². The summed E-state index contributed by atoms with van der Waals surface area (Å²) < 4.78 is 67.9. The number of benzene rings is 1. The van der Waals surface area contributed by atoms with Gasteiger partial charge in [-0.1, -0.05) is 12.1 Å². The van der Waals surface area contributed by atoms with Crippen molar-refractivity contribution in [1.82, 2.24) is 9.88 Å². The van der Waals surface area contributed by atoms with Crippen LogP contribution >= 0.6 is 11.3 Å². The predicted molar refractivity (Wildman–Crippen MR) is 90.7 cm³/mol. The molecule has 0 unspecified atom stereocenters. The molecule has 0 saturated carbocycles. The molecular formula is C17H17F5N2O2S. The SMILES string of the molecule is COCCN(CC(F)F)C(=O)Cc1csc(-c2ccc(C(F)(F)F)cc2)n1. The van der Waals surface area contributed by atoms with Crippen LogP contribution in [0.15, 0.2) is 29.6 Å². The van der Waals surface area contributed by atoms with Gasteiger partial charge in [0.1, 0.15) is 5.01 Å². The van der Waals surface area contributed by atoms with E-state index in [4.69, 9.17) is 4.74 Å². The minimum atomic E-state index is -4.42. The van der Waals surface area contributed by atoms with E-state index in [0.717, 1.165) is 17.0 Å². The van der Waals surface area contributed by atoms with Crippen LogP contribution in [-0.4, -0.2) is 49.0 Å². The molecule has 0 radical (unpaired) electrons. The molecule has 1 aromatic carbocycles. The number of rotatable bonds is 8. The van der Waals surface area contributed by atoms with Crippen LogP contribution in [-0.2, 0) is 22.1 Å². The summed E-state index contributed by atoms with van der Waals surface area (Å²) in [6.07, 6.45) is -7.26. The Labute approximate surface area is 156 Å². The maximum Gasteiger partial charge on any atom is 0.416 e. The van der Waals surface area contributed by atoms with Gasteiger partial charge in [0.25, 0.3) is 6.43 Å². The largest absolute Gasteiger partial charge is 0.416 e. The van der Waals surface area contributed by atoms with E-state index in [1.54, 1.807) is 5.38 Å². The number of carbonyl (C=O) groups is 1. The van der Waals surface area contributed by atoms with Crippen LogP contribution in [0.25, 0.3) is 10.6 Å². The summed E-state index contributed by atoms with van der Waals surface area (Å²) in [6.45, 7) is -0.528. The molecule has 2 rings (SSSR count). The fraction of sp³-hybridized carbons (Fsp3) is 0.412. The van der Waals surface area contributed by atoms with E-state index in [1.807, 2.05) is 0 Å². The first-order valence-corrected chi connectivity index (χ1v) is 8.75. The summed E-state index contributed by atoms with van der Waals surface area (Å²) in [5.41, 5.74) is 0.0890. The molecule has 10 heteroatoms. The number of alkyl halides is 5. The number of ether oxygens (including phenoxy) is 1. The fourth-order valence-electron chi connectivity index (χ4n) is 2.28. The monoisotopic (exact) mass is 408 g/mol. The maximum atomic E-state index is 12.6. The van der Waals surface area contributed by atoms with Crippen LogP contribution in [0.2, 0.25) is 0 Å². The standard InChI is InChI=1S/C17H17F5N2O2S/c1-26-7-6-24(9-14(18)19)15(25)8-13-10-27-16(23-13)11-2-4-12(5-3-11)17(20,21)22/h2-5,10,14H,6-9H2,1H3. The van der Waals surface area contributed by atoms with Gasteiger partial charge in [0.05, 0.1) is 30.8 Å². The summed E-state index contributed by atoms with van der Waals surface area (Å²) in [6, 6.07) is 4.51. The van der Waals surface area contributed by atoms with Gasteiger partial charge in [-0.25, -0.2) is 13.8 Å². The summed E-state index contributed by atoms with van der Waals surface area (Å²) in [5.74, 6) is -0.517. The van der Waals surface area contributed by atoms with E-state index in [1.165, 1.54) is 30.6 Å². The van der Waals surface area contributed by atoms with E-state index in [0.29, 0.717) is 16.3 Å². The van der Waals surface area contributed by atoms with Crippen molar-refractivity contribution in [2.24, 2.45) is 0 Å². The number of halogens is 5. The lowest BCUT2D eigenvalue weighted by Gasteiger charge is -2.21. The molecule has 4 nitrogen and oxygen atoms in total. The lowest BCUT2D eigenvalue weighted by Crippen LogP contribution is -2.38. The van der Waals surface area contributed by atoms with Gasteiger partial charge in [-0.3, -0.25) is 4.79 Å². The van der Waals surface area contributed by atoms with E-state index in [-0.39, 0.29) is 19.6 Å². The molecular weight excluding hydrogens is 391 g/mol. The zero-order valence-electron chi connectivity index (χ0n) is 14.3. The van der Waals surface area contributed by atoms with Gasteiger partial charge >= 0.3 is 6.18 Å². The molecule has 1 heterocycles. The van der Waals surface area contributed by atoms with Crippen molar-refractivity contribution in [1.29, 1.82) is 0 Å². The Balaban J connectivity index is 2.07. The number of methoxy groups -OCH3 is 1. The zero-order chi connectivity index (χ0) is 20.0. The highest BCUT2D eigenvalue weighted by Crippen LogP contribution is 2.31. The van der Waals surface area contributed by atoms with Crippen molar-refractivity contribution in [3.63, 3.8) is 0 Å². The quantitative estimate of drug-likeness (QED) is 0.618. The Bertz CT molecular complexity index is 747. The average Bonchev–Trinajstić information content (AvgIpc) is 3.06. The molecule has 0 aliphatic carbocycles. The Morgan fingerprint density at radius 1 is 1.26 bits per heavy atom. The van der Waals surface area contributed by atoms with Crippen LogP contribution < -0.4 is 0 Å². The Hall–Kier alpha value is -2.07. The van der Waals surface area contributed by atoms with Gasteiger partial charge in [0.2, 0.25) is 5.91 Å². The third-order valence-corrected chi connectivity index (χ3v) is 4.56. The summed E-state index contributed by atoms with van der Waals surface area (Å²) >= 11 is 1.17. The molecule has 2 aromatic rings. The minimum absolute atomic E-state index is 0.0373. The summed E-state index contributed by atoms with van der Waals surface area (Å²) in [5, 5.41) is 2.03. The topological polar surface area (TPSA) is 42.4 Å². The first kappa shape index (κ1) is 21.2. The van der Waals surface area contributed by atoms with Gasteiger partial charge in [-0.05, 0) is 12.1 Å². The molecule has 0 saturated heterocycles. The molecule has 148 valence electrons. The highest BCUT2D eigenvalue weighted by atomic mass is 32.1. The lowest BCUT2D eigenvalue weighted by atomic mass is 10.1. The van der Waals surface area contributed by atoms with Gasteiger partial charge < -0.3 is 9.64 Å². The molecule has 0 fully saturated rings. The fourth-order valence-corrected chi connectivity index (χ4v) is 3.10. The first-order chi connectivity index (χ1) is 12.7. The van der Waals surface area contributed by atoms with E-state index in [2.05, 4.69) is 4.98 Å². The predicted octanol–water partition coefficient (Wildman–Crippen LogP) is 4.11. The van der Waals surface area contributed by atoms with Crippen molar-refractivity contribution < 1.29 is 31.5 Å². The van der Waals surface area contributed by atoms with Crippen molar-refractivity contribution in [3.05, 3.63) is 40.9 Å². The van der Waals surface area contributed by atoms with Gasteiger partial charge in [0, 0.05) is 24.6 Å². The molecule has 0 aliphatic heterocycles. The number of amides is 1. The van der Waals surface area contributed by atoms with Crippen LogP contribution in [0.4, 0.5) is 22.0 Å². The van der Waals surface area contributed by atoms with Crippen molar-refractivity contribution >= 4 is 17.2 Å². The molecule has 0 atom stereocenters. The number of hydrogen-bond acceptors (Lipinski definition) is 4. The van der Waals surface area contributed by atoms with E-state index < -0.39 is 30.6 Å². The highest BCUT2D eigenvalue weighted by molar-refractivity contribution is 7.13. The Morgan fingerprint density at radius 2 is 1.93 bits per heavy atom. The number of nitrogens with zero attached hydrogens (tertiary/aromatic N) is 2. The third kappa shape index (κ3) is 6.24. The number of thiazole rings is 1. The second-order valence-electron chi connectivity index (χ2n) is 5.62. The van der Waals surface area contributed by atoms with Gasteiger partial charge in [-0.15, -0.1) is 11.3 Å². The second-order valence-corrected chi connectivity index (χ2v) is 6.48. The van der Waals surface area contributed by atoms with Crippen LogP contribution in [0, 0.1) is 0 Å². The van der Waals surface area contributed by atoms with Gasteiger partial charge in [0.15, 0.2) is 0 Å². The van der Waals surface area contributed by atoms with Crippen LogP contribution in [0.3, 0.4) is 0 Å². The average molecular weight is 408 g/mol.